The number of aromatic amines is 1. The molecule has 1 aliphatic rings. The third kappa shape index (κ3) is 4.76. The Labute approximate surface area is 181 Å². The molecule has 1 fully saturated rings. The first-order valence-electron chi connectivity index (χ1n) is 10.5. The molecule has 1 amide bonds. The second-order valence-corrected chi connectivity index (χ2v) is 9.20. The summed E-state index contributed by atoms with van der Waals surface area (Å²) in [6.07, 6.45) is 1.71. The number of nitrogens with zero attached hydrogens (tertiary/aromatic N) is 4. The van der Waals surface area contributed by atoms with E-state index in [1.807, 2.05) is 31.2 Å². The van der Waals surface area contributed by atoms with Crippen molar-refractivity contribution in [2.45, 2.75) is 46.1 Å². The fourth-order valence-electron chi connectivity index (χ4n) is 3.74. The van der Waals surface area contributed by atoms with Crippen LogP contribution >= 0.6 is 11.3 Å². The summed E-state index contributed by atoms with van der Waals surface area (Å²) in [5.41, 5.74) is 2.73. The van der Waals surface area contributed by atoms with E-state index in [-0.39, 0.29) is 17.7 Å². The Bertz CT molecular complexity index is 1000. The average Bonchev–Trinajstić information content (AvgIpc) is 3.38. The number of H-pyrrole nitrogens is 1. The van der Waals surface area contributed by atoms with E-state index in [2.05, 4.69) is 49.6 Å². The number of aryl methyl sites for hydroxylation is 1. The highest BCUT2D eigenvalue weighted by Gasteiger charge is 2.26. The average molecular weight is 425 g/mol. The minimum Gasteiger partial charge on any atom is -0.325 e. The molecule has 0 spiro atoms. The highest BCUT2D eigenvalue weighted by molar-refractivity contribution is 7.09. The molecule has 2 N–H and O–H groups in total. The molecule has 7 nitrogen and oxygen atoms in total. The number of anilines is 1. The normalized spacial score (nSPS) is 15.6. The number of aromatic nitrogens is 4. The molecule has 0 aliphatic carbocycles. The molecule has 8 heteroatoms. The van der Waals surface area contributed by atoms with Gasteiger partial charge in [-0.1, -0.05) is 26.0 Å². The zero-order valence-electron chi connectivity index (χ0n) is 17.7. The Kier molecular flexibility index (Phi) is 6.24. The molecule has 1 aromatic carbocycles. The van der Waals surface area contributed by atoms with Crippen LogP contribution in [0.15, 0.2) is 29.6 Å². The van der Waals surface area contributed by atoms with Gasteiger partial charge in [-0.3, -0.25) is 14.8 Å². The van der Waals surface area contributed by atoms with Gasteiger partial charge in [0.1, 0.15) is 5.82 Å². The molecule has 30 heavy (non-hydrogen) atoms. The Balaban J connectivity index is 1.37. The maximum atomic E-state index is 12.9. The van der Waals surface area contributed by atoms with Gasteiger partial charge < -0.3 is 5.32 Å². The second kappa shape index (κ2) is 9.06. The third-order valence-corrected chi connectivity index (χ3v) is 6.31. The van der Waals surface area contributed by atoms with Gasteiger partial charge in [0.15, 0.2) is 5.82 Å². The number of carbonyl (C=O) groups is 1. The van der Waals surface area contributed by atoms with Gasteiger partial charge in [0.05, 0.1) is 16.4 Å². The lowest BCUT2D eigenvalue weighted by Crippen LogP contribution is -2.37. The summed E-state index contributed by atoms with van der Waals surface area (Å²) in [7, 11) is 0. The van der Waals surface area contributed by atoms with E-state index < -0.39 is 0 Å². The molecule has 3 heterocycles. The molecule has 1 saturated heterocycles. The smallest absolute Gasteiger partial charge is 0.227 e. The SMILES string of the molecule is Cc1nc(CN2CCC(C(=O)Nc3ccccc3-c3n[nH]c(C(C)C)n3)CC2)cs1. The lowest BCUT2D eigenvalue weighted by molar-refractivity contribution is -0.121. The minimum atomic E-state index is 0.0184. The van der Waals surface area contributed by atoms with E-state index in [4.69, 9.17) is 0 Å². The van der Waals surface area contributed by atoms with Crippen molar-refractivity contribution >= 4 is 22.9 Å². The largest absolute Gasteiger partial charge is 0.325 e. The van der Waals surface area contributed by atoms with Crippen LogP contribution in [0.2, 0.25) is 0 Å². The van der Waals surface area contributed by atoms with Crippen LogP contribution in [-0.2, 0) is 11.3 Å². The Morgan fingerprint density at radius 3 is 2.70 bits per heavy atom. The zero-order valence-corrected chi connectivity index (χ0v) is 18.5. The number of amides is 1. The fourth-order valence-corrected chi connectivity index (χ4v) is 4.34. The number of para-hydroxylation sites is 1. The lowest BCUT2D eigenvalue weighted by atomic mass is 9.95. The van der Waals surface area contributed by atoms with Crippen LogP contribution < -0.4 is 5.32 Å². The number of likely N-dealkylation sites (tertiary alicyclic amines) is 1. The summed E-state index contributed by atoms with van der Waals surface area (Å²) in [5.74, 6) is 1.82. The van der Waals surface area contributed by atoms with Gasteiger partial charge in [0.25, 0.3) is 0 Å². The first-order chi connectivity index (χ1) is 14.5. The van der Waals surface area contributed by atoms with Gasteiger partial charge in [0, 0.05) is 29.3 Å². The molecule has 0 bridgehead atoms. The molecular formula is C22H28N6OS. The predicted molar refractivity (Wildman–Crippen MR) is 119 cm³/mol. The topological polar surface area (TPSA) is 86.8 Å². The Hall–Kier alpha value is -2.58. The number of piperidine rings is 1. The maximum absolute atomic E-state index is 12.9. The number of carbonyl (C=O) groups excluding carboxylic acids is 1. The van der Waals surface area contributed by atoms with Crippen LogP contribution in [0.4, 0.5) is 5.69 Å². The molecule has 2 aromatic heterocycles. The van der Waals surface area contributed by atoms with Crippen molar-refractivity contribution < 1.29 is 4.79 Å². The Morgan fingerprint density at radius 1 is 1.27 bits per heavy atom. The van der Waals surface area contributed by atoms with Gasteiger partial charge in [-0.05, 0) is 45.0 Å². The van der Waals surface area contributed by atoms with Crippen molar-refractivity contribution in [1.82, 2.24) is 25.1 Å². The third-order valence-electron chi connectivity index (χ3n) is 5.49. The molecule has 0 unspecified atom stereocenters. The fraction of sp³-hybridized carbons (Fsp3) is 0.455. The Morgan fingerprint density at radius 2 is 2.03 bits per heavy atom. The van der Waals surface area contributed by atoms with Gasteiger partial charge in [-0.15, -0.1) is 11.3 Å². The molecule has 3 aromatic rings. The van der Waals surface area contributed by atoms with Crippen molar-refractivity contribution in [3.8, 4) is 11.4 Å². The number of rotatable bonds is 6. The number of hydrogen-bond acceptors (Lipinski definition) is 6. The number of hydrogen-bond donors (Lipinski definition) is 2. The van der Waals surface area contributed by atoms with E-state index in [9.17, 15) is 4.79 Å². The standard InChI is InChI=1S/C22H28N6OS/c1-14(2)20-25-21(27-26-20)18-6-4-5-7-19(18)24-22(29)16-8-10-28(11-9-16)12-17-13-30-15(3)23-17/h4-7,13-14,16H,8-12H2,1-3H3,(H,24,29)(H,25,26,27). The number of thiazole rings is 1. The molecule has 0 radical (unpaired) electrons. The van der Waals surface area contributed by atoms with Crippen LogP contribution in [0, 0.1) is 12.8 Å². The van der Waals surface area contributed by atoms with E-state index in [0.29, 0.717) is 5.82 Å². The first kappa shape index (κ1) is 20.7. The van der Waals surface area contributed by atoms with E-state index in [1.54, 1.807) is 11.3 Å². The molecular weight excluding hydrogens is 396 g/mol. The summed E-state index contributed by atoms with van der Waals surface area (Å²) in [4.78, 5) is 24.5. The molecule has 1 aliphatic heterocycles. The monoisotopic (exact) mass is 424 g/mol. The highest BCUT2D eigenvalue weighted by Crippen LogP contribution is 2.28. The van der Waals surface area contributed by atoms with Crippen molar-refractivity contribution in [2.75, 3.05) is 18.4 Å². The van der Waals surface area contributed by atoms with Crippen LogP contribution in [0.25, 0.3) is 11.4 Å². The highest BCUT2D eigenvalue weighted by atomic mass is 32.1. The minimum absolute atomic E-state index is 0.0184. The van der Waals surface area contributed by atoms with Gasteiger partial charge in [-0.2, -0.15) is 5.10 Å². The van der Waals surface area contributed by atoms with Crippen LogP contribution in [0.5, 0.6) is 0 Å². The van der Waals surface area contributed by atoms with Crippen LogP contribution in [0.1, 0.15) is 49.1 Å². The quantitative estimate of drug-likeness (QED) is 0.619. The summed E-state index contributed by atoms with van der Waals surface area (Å²) in [6.45, 7) is 8.86. The van der Waals surface area contributed by atoms with E-state index in [0.717, 1.165) is 60.3 Å². The predicted octanol–water partition coefficient (Wildman–Crippen LogP) is 4.21. The summed E-state index contributed by atoms with van der Waals surface area (Å²) in [6, 6.07) is 7.72. The summed E-state index contributed by atoms with van der Waals surface area (Å²) in [5, 5.41) is 13.7. The number of benzene rings is 1. The number of nitrogens with one attached hydrogen (secondary N) is 2. The second-order valence-electron chi connectivity index (χ2n) is 8.14. The molecule has 158 valence electrons. The van der Waals surface area contributed by atoms with Crippen LogP contribution in [-0.4, -0.2) is 44.1 Å². The lowest BCUT2D eigenvalue weighted by Gasteiger charge is -2.30. The van der Waals surface area contributed by atoms with Crippen molar-refractivity contribution in [3.63, 3.8) is 0 Å². The first-order valence-corrected chi connectivity index (χ1v) is 11.3. The van der Waals surface area contributed by atoms with Crippen molar-refractivity contribution in [1.29, 1.82) is 0 Å². The molecule has 0 saturated carbocycles. The van der Waals surface area contributed by atoms with Crippen LogP contribution in [0.3, 0.4) is 0 Å². The van der Waals surface area contributed by atoms with Gasteiger partial charge in [-0.25, -0.2) is 9.97 Å². The van der Waals surface area contributed by atoms with Gasteiger partial charge >= 0.3 is 0 Å². The maximum Gasteiger partial charge on any atom is 0.227 e. The summed E-state index contributed by atoms with van der Waals surface area (Å²) < 4.78 is 0. The van der Waals surface area contributed by atoms with E-state index in [1.165, 1.54) is 0 Å². The van der Waals surface area contributed by atoms with Crippen molar-refractivity contribution in [2.24, 2.45) is 5.92 Å². The summed E-state index contributed by atoms with van der Waals surface area (Å²) >= 11 is 1.69. The van der Waals surface area contributed by atoms with Crippen molar-refractivity contribution in [3.05, 3.63) is 46.2 Å². The van der Waals surface area contributed by atoms with Gasteiger partial charge in [0.2, 0.25) is 5.91 Å². The molecule has 4 rings (SSSR count). The van der Waals surface area contributed by atoms with E-state index >= 15 is 0 Å². The molecule has 0 atom stereocenters. The zero-order chi connectivity index (χ0) is 21.1.